The summed E-state index contributed by atoms with van der Waals surface area (Å²) in [6.07, 6.45) is 2.00. The van der Waals surface area contributed by atoms with E-state index in [2.05, 4.69) is 11.9 Å². The Kier molecular flexibility index (Phi) is 4.31. The molecule has 0 aliphatic rings. The molecule has 0 bridgehead atoms. The molecule has 0 saturated carbocycles. The average molecular weight is 242 g/mol. The van der Waals surface area contributed by atoms with E-state index in [1.165, 1.54) is 0 Å². The lowest BCUT2D eigenvalue weighted by molar-refractivity contribution is 0.459. The number of ether oxygens (including phenoxy) is 1. The highest BCUT2D eigenvalue weighted by Crippen LogP contribution is 2.21. The number of nitrogens with two attached hydrogens (primary N) is 1. The summed E-state index contributed by atoms with van der Waals surface area (Å²) in [5.41, 5.74) is 7.78. The largest absolute Gasteiger partial charge is 0.439 e. The molecule has 0 saturated heterocycles. The van der Waals surface area contributed by atoms with Gasteiger partial charge in [0.05, 0.1) is 0 Å². The van der Waals surface area contributed by atoms with Crippen molar-refractivity contribution in [2.24, 2.45) is 5.73 Å². The van der Waals surface area contributed by atoms with Gasteiger partial charge in [-0.1, -0.05) is 31.5 Å². The molecule has 1 aromatic carbocycles. The highest BCUT2D eigenvalue weighted by Gasteiger charge is 2.04. The van der Waals surface area contributed by atoms with Gasteiger partial charge in [-0.05, 0) is 30.2 Å². The van der Waals surface area contributed by atoms with Gasteiger partial charge in [0, 0.05) is 18.3 Å². The van der Waals surface area contributed by atoms with Gasteiger partial charge in [-0.3, -0.25) is 0 Å². The minimum atomic E-state index is 0.504. The normalized spacial score (nSPS) is 10.3. The molecular weight excluding hydrogens is 224 g/mol. The van der Waals surface area contributed by atoms with Crippen molar-refractivity contribution in [2.75, 3.05) is 0 Å². The minimum absolute atomic E-state index is 0.504. The van der Waals surface area contributed by atoms with Gasteiger partial charge in [0.1, 0.15) is 5.75 Å². The number of aromatic nitrogens is 1. The first-order valence-corrected chi connectivity index (χ1v) is 6.24. The van der Waals surface area contributed by atoms with Crippen LogP contribution in [-0.2, 0) is 13.0 Å². The maximum Gasteiger partial charge on any atom is 0.219 e. The van der Waals surface area contributed by atoms with Crippen LogP contribution in [0.3, 0.4) is 0 Å². The first-order valence-electron chi connectivity index (χ1n) is 6.24. The molecule has 0 spiro atoms. The van der Waals surface area contributed by atoms with Gasteiger partial charge < -0.3 is 10.5 Å². The van der Waals surface area contributed by atoms with Crippen LogP contribution in [0.15, 0.2) is 42.5 Å². The molecule has 3 heteroatoms. The number of hydrogen-bond acceptors (Lipinski definition) is 3. The SMILES string of the molecule is CCCc1cc(CN)cc(Oc2ccccc2)n1. The van der Waals surface area contributed by atoms with E-state index >= 15 is 0 Å². The van der Waals surface area contributed by atoms with Gasteiger partial charge in [-0.15, -0.1) is 0 Å². The Morgan fingerprint density at radius 1 is 1.17 bits per heavy atom. The first-order chi connectivity index (χ1) is 8.81. The fourth-order valence-corrected chi connectivity index (χ4v) is 1.78. The summed E-state index contributed by atoms with van der Waals surface area (Å²) in [6, 6.07) is 13.6. The number of nitrogens with zero attached hydrogens (tertiary/aromatic N) is 1. The number of pyridine rings is 1. The Bertz CT molecular complexity index is 497. The quantitative estimate of drug-likeness (QED) is 0.875. The zero-order chi connectivity index (χ0) is 12.8. The van der Waals surface area contributed by atoms with E-state index in [9.17, 15) is 0 Å². The predicted octanol–water partition coefficient (Wildman–Crippen LogP) is 3.29. The molecule has 2 rings (SSSR count). The lowest BCUT2D eigenvalue weighted by atomic mass is 10.1. The molecule has 2 aromatic rings. The molecule has 0 radical (unpaired) electrons. The van der Waals surface area contributed by atoms with E-state index in [-0.39, 0.29) is 0 Å². The van der Waals surface area contributed by atoms with Crippen LogP contribution >= 0.6 is 0 Å². The van der Waals surface area contributed by atoms with E-state index in [1.54, 1.807) is 0 Å². The molecular formula is C15H18N2O. The van der Waals surface area contributed by atoms with Crippen molar-refractivity contribution >= 4 is 0 Å². The average Bonchev–Trinajstić information content (AvgIpc) is 2.40. The van der Waals surface area contributed by atoms with Crippen molar-refractivity contribution in [3.05, 3.63) is 53.7 Å². The van der Waals surface area contributed by atoms with E-state index in [1.807, 2.05) is 42.5 Å². The van der Waals surface area contributed by atoms with Gasteiger partial charge in [0.15, 0.2) is 0 Å². The summed E-state index contributed by atoms with van der Waals surface area (Å²) in [5, 5.41) is 0. The molecule has 0 fully saturated rings. The van der Waals surface area contributed by atoms with Crippen LogP contribution in [0.25, 0.3) is 0 Å². The number of para-hydroxylation sites is 1. The second-order valence-corrected chi connectivity index (χ2v) is 4.17. The van der Waals surface area contributed by atoms with Gasteiger partial charge in [-0.2, -0.15) is 0 Å². The zero-order valence-electron chi connectivity index (χ0n) is 10.6. The van der Waals surface area contributed by atoms with Crippen molar-refractivity contribution in [1.29, 1.82) is 0 Å². The van der Waals surface area contributed by atoms with Crippen LogP contribution < -0.4 is 10.5 Å². The smallest absolute Gasteiger partial charge is 0.219 e. The van der Waals surface area contributed by atoms with Crippen LogP contribution in [0.4, 0.5) is 0 Å². The lowest BCUT2D eigenvalue weighted by Gasteiger charge is -2.08. The van der Waals surface area contributed by atoms with E-state index in [0.29, 0.717) is 12.4 Å². The molecule has 0 aliphatic carbocycles. The van der Waals surface area contributed by atoms with Crippen molar-refractivity contribution in [1.82, 2.24) is 4.98 Å². The summed E-state index contributed by atoms with van der Waals surface area (Å²) in [5.74, 6) is 1.41. The van der Waals surface area contributed by atoms with Crippen LogP contribution in [0, 0.1) is 0 Å². The fraction of sp³-hybridized carbons (Fsp3) is 0.267. The monoisotopic (exact) mass is 242 g/mol. The summed E-state index contributed by atoms with van der Waals surface area (Å²) >= 11 is 0. The third-order valence-corrected chi connectivity index (χ3v) is 2.62. The van der Waals surface area contributed by atoms with E-state index < -0.39 is 0 Å². The number of hydrogen-bond donors (Lipinski definition) is 1. The van der Waals surface area contributed by atoms with Gasteiger partial charge in [0.25, 0.3) is 0 Å². The lowest BCUT2D eigenvalue weighted by Crippen LogP contribution is -2.01. The summed E-state index contributed by atoms with van der Waals surface area (Å²) in [6.45, 7) is 2.64. The summed E-state index contributed by atoms with van der Waals surface area (Å²) in [4.78, 5) is 4.49. The molecule has 0 aliphatic heterocycles. The summed E-state index contributed by atoms with van der Waals surface area (Å²) < 4.78 is 5.74. The molecule has 94 valence electrons. The zero-order valence-corrected chi connectivity index (χ0v) is 10.6. The topological polar surface area (TPSA) is 48.1 Å². The van der Waals surface area contributed by atoms with Gasteiger partial charge in [0.2, 0.25) is 5.88 Å². The van der Waals surface area contributed by atoms with Crippen molar-refractivity contribution in [2.45, 2.75) is 26.3 Å². The van der Waals surface area contributed by atoms with Gasteiger partial charge >= 0.3 is 0 Å². The maximum atomic E-state index is 5.74. The van der Waals surface area contributed by atoms with Gasteiger partial charge in [-0.25, -0.2) is 4.98 Å². The number of aryl methyl sites for hydroxylation is 1. The summed E-state index contributed by atoms with van der Waals surface area (Å²) in [7, 11) is 0. The highest BCUT2D eigenvalue weighted by molar-refractivity contribution is 5.30. The third-order valence-electron chi connectivity index (χ3n) is 2.62. The second kappa shape index (κ2) is 6.17. The molecule has 3 nitrogen and oxygen atoms in total. The van der Waals surface area contributed by atoms with E-state index in [0.717, 1.165) is 29.8 Å². The Balaban J connectivity index is 2.24. The third kappa shape index (κ3) is 3.31. The van der Waals surface area contributed by atoms with E-state index in [4.69, 9.17) is 10.5 Å². The van der Waals surface area contributed by atoms with Crippen LogP contribution in [-0.4, -0.2) is 4.98 Å². The van der Waals surface area contributed by atoms with Crippen molar-refractivity contribution in [3.63, 3.8) is 0 Å². The van der Waals surface area contributed by atoms with Crippen molar-refractivity contribution in [3.8, 4) is 11.6 Å². The molecule has 0 unspecified atom stereocenters. The Labute approximate surface area is 108 Å². The van der Waals surface area contributed by atoms with Crippen molar-refractivity contribution < 1.29 is 4.74 Å². The maximum absolute atomic E-state index is 5.74. The molecule has 2 N–H and O–H groups in total. The molecule has 0 atom stereocenters. The standard InChI is InChI=1S/C15H18N2O/c1-2-6-13-9-12(11-16)10-15(17-13)18-14-7-4-3-5-8-14/h3-5,7-10H,2,6,11,16H2,1H3. The van der Waals surface area contributed by atoms with Crippen LogP contribution in [0.1, 0.15) is 24.6 Å². The Morgan fingerprint density at radius 2 is 1.94 bits per heavy atom. The minimum Gasteiger partial charge on any atom is -0.439 e. The van der Waals surface area contributed by atoms with Crippen LogP contribution in [0.2, 0.25) is 0 Å². The molecule has 1 heterocycles. The molecule has 0 amide bonds. The van der Waals surface area contributed by atoms with Crippen LogP contribution in [0.5, 0.6) is 11.6 Å². The fourth-order valence-electron chi connectivity index (χ4n) is 1.78. The highest BCUT2D eigenvalue weighted by atomic mass is 16.5. The Morgan fingerprint density at radius 3 is 2.61 bits per heavy atom. The number of benzene rings is 1. The molecule has 18 heavy (non-hydrogen) atoms. The first kappa shape index (κ1) is 12.6. The molecule has 1 aromatic heterocycles. The predicted molar refractivity (Wildman–Crippen MR) is 72.6 cm³/mol. The Hall–Kier alpha value is -1.87. The second-order valence-electron chi connectivity index (χ2n) is 4.17. The number of rotatable bonds is 5.